The molecule has 1 aromatic carbocycles. The molecule has 0 aliphatic carbocycles. The number of carbonyl (C=O) groups excluding carboxylic acids is 2. The number of urea groups is 1. The molecule has 1 aliphatic rings. The molecule has 1 heterocycles. The lowest BCUT2D eigenvalue weighted by atomic mass is 9.97. The molecule has 1 aromatic rings. The average Bonchev–Trinajstić information content (AvgIpc) is 2.50. The molecule has 122 valence electrons. The Bertz CT molecular complexity index is 580. The second-order valence-corrected chi connectivity index (χ2v) is 5.92. The van der Waals surface area contributed by atoms with Gasteiger partial charge in [-0.25, -0.2) is 9.18 Å². The Hall–Kier alpha value is -2.11. The standard InChI is InChI=1S/C16H22FN3O2.H2/c1-11-6-7-13(9-14(11)17)18-15(21)12-5-4-8-20(10-12)16(22)19(2)3;/h6-7,9,12H,4-5,8,10H2,1-3H3,(H,18,21);1H. The quantitative estimate of drug-likeness (QED) is 0.913. The second-order valence-electron chi connectivity index (χ2n) is 5.92. The maximum Gasteiger partial charge on any atom is 0.319 e. The van der Waals surface area contributed by atoms with E-state index in [0.717, 1.165) is 12.8 Å². The van der Waals surface area contributed by atoms with Gasteiger partial charge in [0.15, 0.2) is 0 Å². The van der Waals surface area contributed by atoms with Gasteiger partial charge in [0, 0.05) is 34.3 Å². The van der Waals surface area contributed by atoms with Crippen LogP contribution in [0.4, 0.5) is 14.9 Å². The van der Waals surface area contributed by atoms with Crippen LogP contribution in [-0.4, -0.2) is 48.9 Å². The highest BCUT2D eigenvalue weighted by Gasteiger charge is 2.29. The molecule has 1 aliphatic heterocycles. The number of likely N-dealkylation sites (tertiary alicyclic amines) is 1. The SMILES string of the molecule is Cc1ccc(NC(=O)C2CCCN(C(=O)N(C)C)C2)cc1F.[HH]. The van der Waals surface area contributed by atoms with E-state index in [4.69, 9.17) is 0 Å². The predicted octanol–water partition coefficient (Wildman–Crippen LogP) is 2.71. The fourth-order valence-electron chi connectivity index (χ4n) is 2.56. The summed E-state index contributed by atoms with van der Waals surface area (Å²) in [5.41, 5.74) is 0.988. The molecule has 1 N–H and O–H groups in total. The van der Waals surface area contributed by atoms with E-state index in [1.807, 2.05) is 0 Å². The van der Waals surface area contributed by atoms with E-state index in [0.29, 0.717) is 24.3 Å². The number of hydrogen-bond acceptors (Lipinski definition) is 2. The predicted molar refractivity (Wildman–Crippen MR) is 85.3 cm³/mol. The minimum absolute atomic E-state index is 0. The molecule has 0 saturated carbocycles. The zero-order valence-corrected chi connectivity index (χ0v) is 13.2. The summed E-state index contributed by atoms with van der Waals surface area (Å²) in [7, 11) is 3.39. The summed E-state index contributed by atoms with van der Waals surface area (Å²) >= 11 is 0. The fraction of sp³-hybridized carbons (Fsp3) is 0.500. The number of amides is 3. The Kier molecular flexibility index (Phi) is 5.00. The number of hydrogen-bond donors (Lipinski definition) is 1. The van der Waals surface area contributed by atoms with Gasteiger partial charge in [-0.2, -0.15) is 0 Å². The Labute approximate surface area is 131 Å². The molecular weight excluding hydrogens is 285 g/mol. The van der Waals surface area contributed by atoms with Crippen LogP contribution in [0.3, 0.4) is 0 Å². The molecule has 1 saturated heterocycles. The Morgan fingerprint density at radius 3 is 2.77 bits per heavy atom. The summed E-state index contributed by atoms with van der Waals surface area (Å²) in [6.07, 6.45) is 1.53. The molecule has 2 rings (SSSR count). The van der Waals surface area contributed by atoms with Crippen molar-refractivity contribution in [3.05, 3.63) is 29.6 Å². The zero-order chi connectivity index (χ0) is 16.3. The number of rotatable bonds is 2. The van der Waals surface area contributed by atoms with Crippen molar-refractivity contribution in [1.82, 2.24) is 9.80 Å². The van der Waals surface area contributed by atoms with Crippen molar-refractivity contribution in [1.29, 1.82) is 0 Å². The molecule has 0 bridgehead atoms. The third kappa shape index (κ3) is 3.75. The van der Waals surface area contributed by atoms with Crippen molar-refractivity contribution in [3.8, 4) is 0 Å². The lowest BCUT2D eigenvalue weighted by Crippen LogP contribution is -2.47. The zero-order valence-electron chi connectivity index (χ0n) is 13.2. The van der Waals surface area contributed by atoms with E-state index in [1.54, 1.807) is 38.1 Å². The molecule has 0 spiro atoms. The number of piperidine rings is 1. The largest absolute Gasteiger partial charge is 0.331 e. The van der Waals surface area contributed by atoms with Crippen LogP contribution in [-0.2, 0) is 4.79 Å². The molecule has 22 heavy (non-hydrogen) atoms. The first-order valence-electron chi connectivity index (χ1n) is 7.41. The van der Waals surface area contributed by atoms with Crippen LogP contribution in [0.15, 0.2) is 18.2 Å². The summed E-state index contributed by atoms with van der Waals surface area (Å²) in [6, 6.07) is 4.55. The minimum atomic E-state index is -0.342. The van der Waals surface area contributed by atoms with E-state index in [1.165, 1.54) is 11.0 Å². The highest BCUT2D eigenvalue weighted by molar-refractivity contribution is 5.93. The second kappa shape index (κ2) is 6.77. The van der Waals surface area contributed by atoms with Gasteiger partial charge < -0.3 is 15.1 Å². The smallest absolute Gasteiger partial charge is 0.319 e. The maximum absolute atomic E-state index is 13.5. The van der Waals surface area contributed by atoms with Gasteiger partial charge in [0.05, 0.1) is 5.92 Å². The van der Waals surface area contributed by atoms with E-state index in [9.17, 15) is 14.0 Å². The number of carbonyl (C=O) groups is 2. The summed E-state index contributed by atoms with van der Waals surface area (Å²) in [5.74, 6) is -0.771. The van der Waals surface area contributed by atoms with Crippen LogP contribution in [0.25, 0.3) is 0 Å². The first kappa shape index (κ1) is 16.3. The van der Waals surface area contributed by atoms with Gasteiger partial charge in [-0.05, 0) is 37.5 Å². The number of aryl methyl sites for hydroxylation is 1. The molecular formula is C16H24FN3O2. The first-order valence-corrected chi connectivity index (χ1v) is 7.41. The number of nitrogens with one attached hydrogen (secondary N) is 1. The van der Waals surface area contributed by atoms with E-state index in [-0.39, 0.29) is 25.1 Å². The van der Waals surface area contributed by atoms with Crippen LogP contribution in [0.1, 0.15) is 19.8 Å². The number of halogens is 1. The molecule has 1 atom stereocenters. The summed E-state index contributed by atoms with van der Waals surface area (Å²) < 4.78 is 13.5. The minimum Gasteiger partial charge on any atom is -0.331 e. The van der Waals surface area contributed by atoms with Crippen LogP contribution in [0.5, 0.6) is 0 Å². The molecule has 5 nitrogen and oxygen atoms in total. The van der Waals surface area contributed by atoms with Crippen LogP contribution in [0, 0.1) is 18.7 Å². The number of anilines is 1. The van der Waals surface area contributed by atoms with Gasteiger partial charge in [-0.1, -0.05) is 6.07 Å². The van der Waals surface area contributed by atoms with Gasteiger partial charge in [0.2, 0.25) is 5.91 Å². The lowest BCUT2D eigenvalue weighted by molar-refractivity contribution is -0.121. The Balaban J connectivity index is 0.00000264. The van der Waals surface area contributed by atoms with E-state index >= 15 is 0 Å². The van der Waals surface area contributed by atoms with Gasteiger partial charge in [0.1, 0.15) is 5.82 Å². The number of benzene rings is 1. The molecule has 0 radical (unpaired) electrons. The average molecular weight is 309 g/mol. The van der Waals surface area contributed by atoms with E-state index in [2.05, 4.69) is 5.32 Å². The Morgan fingerprint density at radius 1 is 1.41 bits per heavy atom. The van der Waals surface area contributed by atoms with Crippen molar-refractivity contribution in [2.75, 3.05) is 32.5 Å². The monoisotopic (exact) mass is 309 g/mol. The third-order valence-corrected chi connectivity index (χ3v) is 3.88. The van der Waals surface area contributed by atoms with Crippen molar-refractivity contribution in [2.24, 2.45) is 5.92 Å². The van der Waals surface area contributed by atoms with Crippen molar-refractivity contribution in [2.45, 2.75) is 19.8 Å². The maximum atomic E-state index is 13.5. The summed E-state index contributed by atoms with van der Waals surface area (Å²) in [4.78, 5) is 27.5. The van der Waals surface area contributed by atoms with Crippen molar-refractivity contribution in [3.63, 3.8) is 0 Å². The fourth-order valence-corrected chi connectivity index (χ4v) is 2.56. The molecule has 0 aromatic heterocycles. The normalized spacial score (nSPS) is 18.0. The summed E-state index contributed by atoms with van der Waals surface area (Å²) in [5, 5.41) is 2.74. The highest BCUT2D eigenvalue weighted by atomic mass is 19.1. The van der Waals surface area contributed by atoms with E-state index < -0.39 is 0 Å². The van der Waals surface area contributed by atoms with Crippen LogP contribution >= 0.6 is 0 Å². The molecule has 1 fully saturated rings. The van der Waals surface area contributed by atoms with Gasteiger partial charge in [-0.3, -0.25) is 4.79 Å². The van der Waals surface area contributed by atoms with Gasteiger partial charge in [0.25, 0.3) is 0 Å². The summed E-state index contributed by atoms with van der Waals surface area (Å²) in [6.45, 7) is 2.74. The van der Waals surface area contributed by atoms with Crippen LogP contribution < -0.4 is 5.32 Å². The van der Waals surface area contributed by atoms with Gasteiger partial charge >= 0.3 is 6.03 Å². The number of nitrogens with zero attached hydrogens (tertiary/aromatic N) is 2. The first-order chi connectivity index (χ1) is 10.4. The third-order valence-electron chi connectivity index (χ3n) is 3.88. The van der Waals surface area contributed by atoms with Gasteiger partial charge in [-0.15, -0.1) is 0 Å². The molecule has 6 heteroatoms. The lowest BCUT2D eigenvalue weighted by Gasteiger charge is -2.33. The van der Waals surface area contributed by atoms with Crippen LogP contribution in [0.2, 0.25) is 0 Å². The van der Waals surface area contributed by atoms with Crippen molar-refractivity contribution < 1.29 is 15.4 Å². The highest BCUT2D eigenvalue weighted by Crippen LogP contribution is 2.20. The Morgan fingerprint density at radius 2 is 2.14 bits per heavy atom. The van der Waals surface area contributed by atoms with Crippen molar-refractivity contribution >= 4 is 17.6 Å². The molecule has 3 amide bonds. The topological polar surface area (TPSA) is 52.7 Å². The molecule has 1 unspecified atom stereocenters.